The van der Waals surface area contributed by atoms with Crippen molar-refractivity contribution in [2.24, 2.45) is 14.0 Å². The molecule has 17 nitrogen and oxygen atoms in total. The average Bonchev–Trinajstić information content (AvgIpc) is 1.58. The van der Waals surface area contributed by atoms with Crippen LogP contribution in [0.5, 0.6) is 0 Å². The maximum Gasteiger partial charge on any atom is 0.296 e. The predicted octanol–water partition coefficient (Wildman–Crippen LogP) is 14.6. The molecular weight excluding hydrogens is 1330 g/mol. The highest BCUT2D eigenvalue weighted by Crippen LogP contribution is 2.44. The number of benzene rings is 6. The van der Waals surface area contributed by atoms with Gasteiger partial charge in [0.1, 0.15) is 30.0 Å². The predicted molar refractivity (Wildman–Crippen MR) is 405 cm³/mol. The maximum absolute atomic E-state index is 7.92. The summed E-state index contributed by atoms with van der Waals surface area (Å²) in [5.41, 5.74) is 27.3. The zero-order valence-electron chi connectivity index (χ0n) is 58.3. The second kappa shape index (κ2) is 22.4. The lowest BCUT2D eigenvalue weighted by Gasteiger charge is -2.04. The van der Waals surface area contributed by atoms with Crippen LogP contribution < -0.4 is 22.7 Å². The van der Waals surface area contributed by atoms with Crippen LogP contribution in [0.25, 0.3) is 146 Å². The molecule has 0 N–H and O–H groups in total. The average molecular weight is 1390 g/mol. The third-order valence-electron chi connectivity index (χ3n) is 21.0. The molecule has 0 fully saturated rings. The Balaban J connectivity index is 0.0000000830. The van der Waals surface area contributed by atoms with Crippen molar-refractivity contribution < 1.29 is 26.8 Å². The fraction of sp³-hybridized carbons (Fsp3) is 0.0843. The van der Waals surface area contributed by atoms with E-state index < -0.39 is 6.98 Å². The number of hydrogen-bond donors (Lipinski definition) is 0. The van der Waals surface area contributed by atoms with Gasteiger partial charge in [0.2, 0.25) is 0 Å². The Bertz CT molecular complexity index is 7230. The van der Waals surface area contributed by atoms with E-state index in [1.54, 1.807) is 23.7 Å². The summed E-state index contributed by atoms with van der Waals surface area (Å²) in [6.07, 6.45) is 29.2. The monoisotopic (exact) mass is 1390 g/mol. The number of pyridine rings is 3. The van der Waals surface area contributed by atoms with E-state index in [4.69, 9.17) is 4.11 Å². The number of thiazole rings is 3. The van der Waals surface area contributed by atoms with Crippen LogP contribution in [-0.4, -0.2) is 56.4 Å². The molecule has 6 aromatic carbocycles. The molecule has 0 saturated carbocycles. The minimum Gasteiger partial charge on any atom is -0.329 e. The minimum absolute atomic E-state index is 0.667. The zero-order chi connectivity index (χ0) is 70.2. The molecule has 103 heavy (non-hydrogen) atoms. The SMILES string of the molecule is Cn1c2cnccc2c2c1sc1[n+]2Cc2ccccc2-1.[2H]C([2H])([2H])n1c2cnccc2c2c1sc1[n+]2Cc2ccccc2-1.c1ccc(-n2c3cnccc3c3c2sc2[n+]3Cc3ccccc3-2)cc1.c1ccc2c(c1)C[n+]1cc3n(cc4cnccn43)c1-2.c1ccc2c(c1)Cn1c[n+]3cc4ccncn4c3c1-2. The van der Waals surface area contributed by atoms with Crippen LogP contribution in [0.2, 0.25) is 0 Å². The second-order valence-electron chi connectivity index (χ2n) is 26.6. The highest BCUT2D eigenvalue weighted by atomic mass is 32.1. The molecule has 0 atom stereocenters. The summed E-state index contributed by atoms with van der Waals surface area (Å²) in [5.74, 6) is 1.26. The molecule has 0 unspecified atom stereocenters. The van der Waals surface area contributed by atoms with Gasteiger partial charge in [-0.2, -0.15) is 18.1 Å². The number of hydrogen-bond acceptors (Lipinski definition) is 8. The van der Waals surface area contributed by atoms with E-state index >= 15 is 0 Å². The van der Waals surface area contributed by atoms with Crippen LogP contribution in [0.4, 0.5) is 0 Å². The lowest BCUT2D eigenvalue weighted by atomic mass is 10.1. The summed E-state index contributed by atoms with van der Waals surface area (Å²) in [6, 6.07) is 61.7. The van der Waals surface area contributed by atoms with E-state index in [0.29, 0.717) is 5.52 Å². The van der Waals surface area contributed by atoms with E-state index in [2.05, 4.69) is 258 Å². The summed E-state index contributed by atoms with van der Waals surface area (Å²) >= 11 is 5.30. The van der Waals surface area contributed by atoms with Crippen molar-refractivity contribution in [3.63, 3.8) is 0 Å². The van der Waals surface area contributed by atoms with Gasteiger partial charge in [0, 0.05) is 88.8 Å². The van der Waals surface area contributed by atoms with Crippen molar-refractivity contribution in [1.82, 2.24) is 56.4 Å². The number of para-hydroxylation sites is 1. The summed E-state index contributed by atoms with van der Waals surface area (Å²) in [5, 5.41) is 7.37. The Hall–Kier alpha value is -12.6. The van der Waals surface area contributed by atoms with Gasteiger partial charge in [-0.3, -0.25) is 33.5 Å². The highest BCUT2D eigenvalue weighted by molar-refractivity contribution is 7.21. The van der Waals surface area contributed by atoms with Gasteiger partial charge in [0.15, 0.2) is 58.7 Å². The van der Waals surface area contributed by atoms with Crippen LogP contribution in [0, 0.1) is 0 Å². The number of nitrogens with zero attached hydrogens (tertiary/aromatic N) is 17. The largest absolute Gasteiger partial charge is 0.329 e. The molecule has 490 valence electrons. The number of aromatic nitrogens is 17. The molecule has 21 aromatic rings. The summed E-state index contributed by atoms with van der Waals surface area (Å²) in [4.78, 5) is 24.6. The van der Waals surface area contributed by atoms with Gasteiger partial charge in [-0.15, -0.1) is 0 Å². The first kappa shape index (κ1) is 55.2. The molecule has 5 aliphatic heterocycles. The third-order valence-corrected chi connectivity index (χ3v) is 24.7. The van der Waals surface area contributed by atoms with E-state index in [9.17, 15) is 0 Å². The number of fused-ring (bicyclic) bond motifs is 35. The van der Waals surface area contributed by atoms with Crippen molar-refractivity contribution in [2.45, 2.75) is 32.7 Å². The first-order valence-corrected chi connectivity index (χ1v) is 36.6. The number of rotatable bonds is 1. The molecule has 0 saturated heterocycles. The fourth-order valence-corrected chi connectivity index (χ4v) is 20.4. The van der Waals surface area contributed by atoms with Crippen LogP contribution in [0.15, 0.2) is 269 Å². The van der Waals surface area contributed by atoms with E-state index in [-0.39, 0.29) is 0 Å². The first-order valence-electron chi connectivity index (χ1n) is 35.7. The number of aryl methyl sites for hydroxylation is 2. The summed E-state index contributed by atoms with van der Waals surface area (Å²) in [6.45, 7) is 2.40. The fourth-order valence-electron chi connectivity index (χ4n) is 16.5. The van der Waals surface area contributed by atoms with Gasteiger partial charge in [-0.05, 0) is 100 Å². The van der Waals surface area contributed by atoms with Gasteiger partial charge in [0.05, 0.1) is 86.3 Å². The van der Waals surface area contributed by atoms with Crippen molar-refractivity contribution in [3.8, 4) is 60.0 Å². The van der Waals surface area contributed by atoms with Crippen LogP contribution in [-0.2, 0) is 46.7 Å². The molecule has 0 aliphatic carbocycles. The molecule has 20 heterocycles. The zero-order valence-corrected chi connectivity index (χ0v) is 57.7. The smallest absolute Gasteiger partial charge is 0.296 e. The molecule has 0 spiro atoms. The van der Waals surface area contributed by atoms with E-state index in [1.165, 1.54) is 141 Å². The summed E-state index contributed by atoms with van der Waals surface area (Å²) < 4.78 is 50.3. The van der Waals surface area contributed by atoms with Crippen molar-refractivity contribution in [3.05, 3.63) is 297 Å². The lowest BCUT2D eigenvalue weighted by molar-refractivity contribution is -0.670. The van der Waals surface area contributed by atoms with Crippen LogP contribution in [0.3, 0.4) is 0 Å². The Morgan fingerprint density at radius 2 is 0.951 bits per heavy atom. The number of imidazole rings is 4. The van der Waals surface area contributed by atoms with Crippen molar-refractivity contribution in [2.75, 3.05) is 0 Å². The highest BCUT2D eigenvalue weighted by Gasteiger charge is 2.39. The Morgan fingerprint density at radius 3 is 1.59 bits per heavy atom. The van der Waals surface area contributed by atoms with Crippen molar-refractivity contribution in [1.29, 1.82) is 0 Å². The normalized spacial score (nSPS) is 13.5. The molecule has 0 amide bonds. The van der Waals surface area contributed by atoms with Gasteiger partial charge >= 0.3 is 0 Å². The summed E-state index contributed by atoms with van der Waals surface area (Å²) in [7, 11) is 2.13. The Morgan fingerprint density at radius 1 is 0.437 bits per heavy atom. The van der Waals surface area contributed by atoms with Gasteiger partial charge in [-0.1, -0.05) is 115 Å². The van der Waals surface area contributed by atoms with Crippen LogP contribution >= 0.6 is 34.0 Å². The van der Waals surface area contributed by atoms with E-state index in [0.717, 1.165) is 64.5 Å². The minimum atomic E-state index is -2.22. The molecular formula is C83H60N17S3+5. The molecule has 20 heteroatoms. The first-order chi connectivity index (χ1) is 52.1. The second-order valence-corrected chi connectivity index (χ2v) is 29.5. The molecule has 26 rings (SSSR count). The maximum atomic E-state index is 7.92. The standard InChI is InChI=1S/C21H14N3S.2C16H12N3S.2C15H11N4/c1-2-7-15(8-3-1)24-18-12-22-11-10-17(18)19-21(24)25-20-16-9-5-4-6-14(16)13-23(19)20;2*1-18-13-8-17-7-6-12(13)14-16(18)20-15-11-5-3-2-4-10(11)9-19(14)15;1-2-4-13-11(3-1)8-17-10-14-18-6-5-16-7-12(18)9-19(14)15(13)17;1-2-4-13-11(3-1)7-17-10-18-8-12-5-6-16-9-19(12)15(18)14(13)17/h1-12H,13H2;2*2-8H,9H2,1H3;1-7,9-10H,8H2;1-6,8-10H,7H2/q5*+1/i;1D3;;;. The molecule has 15 aromatic heterocycles. The molecule has 5 aliphatic rings. The lowest BCUT2D eigenvalue weighted by Crippen LogP contribution is -2.30. The third kappa shape index (κ3) is 8.62. The topological polar surface area (TPSA) is 117 Å². The van der Waals surface area contributed by atoms with Crippen LogP contribution in [0.1, 0.15) is 31.9 Å². The van der Waals surface area contributed by atoms with E-state index in [1.807, 2.05) is 103 Å². The van der Waals surface area contributed by atoms with Gasteiger partial charge in [0.25, 0.3) is 48.7 Å². The quantitative estimate of drug-likeness (QED) is 0.152. The van der Waals surface area contributed by atoms with Crippen molar-refractivity contribution >= 4 is 120 Å². The van der Waals surface area contributed by atoms with Gasteiger partial charge < -0.3 is 9.13 Å². The Labute approximate surface area is 603 Å². The molecule has 0 radical (unpaired) electrons. The molecule has 0 bridgehead atoms. The Kier molecular flexibility index (Phi) is 12.0. The van der Waals surface area contributed by atoms with Gasteiger partial charge in [-0.25, -0.2) is 18.4 Å².